The van der Waals surface area contributed by atoms with Gasteiger partial charge >= 0.3 is 5.97 Å². The van der Waals surface area contributed by atoms with E-state index < -0.39 is 17.8 Å². The first-order valence-corrected chi connectivity index (χ1v) is 6.25. The summed E-state index contributed by atoms with van der Waals surface area (Å²) in [6, 6.07) is 1.66. The lowest BCUT2D eigenvalue weighted by Gasteiger charge is -2.23. The molecular weight excluding hydrogens is 248 g/mol. The van der Waals surface area contributed by atoms with E-state index >= 15 is 0 Å². The van der Waals surface area contributed by atoms with Gasteiger partial charge in [-0.15, -0.1) is 0 Å². The minimum absolute atomic E-state index is 0.00898. The minimum atomic E-state index is -0.890. The van der Waals surface area contributed by atoms with Crippen LogP contribution in [0.5, 0.6) is 0 Å². The van der Waals surface area contributed by atoms with E-state index in [-0.39, 0.29) is 24.3 Å². The Morgan fingerprint density at radius 2 is 2.11 bits per heavy atom. The molecule has 2 N–H and O–H groups in total. The summed E-state index contributed by atoms with van der Waals surface area (Å²) in [6.45, 7) is 0.263. The van der Waals surface area contributed by atoms with Gasteiger partial charge in [-0.3, -0.25) is 9.59 Å². The van der Waals surface area contributed by atoms with Crippen molar-refractivity contribution in [3.8, 4) is 0 Å². The number of allylic oxidation sites excluding steroid dienone is 2. The van der Waals surface area contributed by atoms with Gasteiger partial charge in [0.25, 0.3) is 0 Å². The van der Waals surface area contributed by atoms with E-state index in [1.54, 1.807) is 6.07 Å². The third-order valence-electron chi connectivity index (χ3n) is 3.98. The highest BCUT2D eigenvalue weighted by Gasteiger charge is 2.51. The molecule has 2 aliphatic carbocycles. The Bertz CT molecular complexity index is 523. The van der Waals surface area contributed by atoms with Crippen LogP contribution in [-0.4, -0.2) is 22.1 Å². The summed E-state index contributed by atoms with van der Waals surface area (Å²) >= 11 is 0. The van der Waals surface area contributed by atoms with Gasteiger partial charge in [0.2, 0.25) is 5.91 Å². The number of carboxylic acid groups (broad SMARTS) is 1. The summed E-state index contributed by atoms with van der Waals surface area (Å²) in [5.41, 5.74) is 0.624. The lowest BCUT2D eigenvalue weighted by molar-refractivity contribution is -0.147. The summed E-state index contributed by atoms with van der Waals surface area (Å²) in [4.78, 5) is 23.5. The van der Waals surface area contributed by atoms with Gasteiger partial charge in [-0.05, 0) is 18.3 Å². The Labute approximate surface area is 109 Å². The lowest BCUT2D eigenvalue weighted by atomic mass is 9.82. The molecule has 1 amide bonds. The molecule has 1 aromatic rings. The van der Waals surface area contributed by atoms with E-state index in [9.17, 15) is 14.7 Å². The quantitative estimate of drug-likeness (QED) is 0.783. The SMILES string of the molecule is O=C(O)[C@H]1[C@H](C(=O)NCc2ccon2)[C@H]2C=C[C@H]1C2. The zero-order chi connectivity index (χ0) is 13.4. The first-order chi connectivity index (χ1) is 9.16. The van der Waals surface area contributed by atoms with Crippen molar-refractivity contribution in [2.24, 2.45) is 23.7 Å². The number of nitrogens with zero attached hydrogens (tertiary/aromatic N) is 1. The summed E-state index contributed by atoms with van der Waals surface area (Å²) in [7, 11) is 0. The first kappa shape index (κ1) is 12.0. The third-order valence-corrected chi connectivity index (χ3v) is 3.98. The van der Waals surface area contributed by atoms with Gasteiger partial charge in [-0.2, -0.15) is 0 Å². The van der Waals surface area contributed by atoms with Crippen LogP contribution in [0.15, 0.2) is 29.0 Å². The largest absolute Gasteiger partial charge is 0.481 e. The zero-order valence-corrected chi connectivity index (χ0v) is 10.2. The third kappa shape index (κ3) is 2.03. The number of hydrogen-bond donors (Lipinski definition) is 2. The molecule has 0 aromatic carbocycles. The fourth-order valence-corrected chi connectivity index (χ4v) is 3.14. The number of fused-ring (bicyclic) bond motifs is 2. The van der Waals surface area contributed by atoms with Gasteiger partial charge in [0.05, 0.1) is 18.4 Å². The smallest absolute Gasteiger partial charge is 0.307 e. The Balaban J connectivity index is 1.68. The Kier molecular flexibility index (Phi) is 2.85. The van der Waals surface area contributed by atoms with Crippen LogP contribution in [0.3, 0.4) is 0 Å². The van der Waals surface area contributed by atoms with E-state index in [1.165, 1.54) is 6.26 Å². The van der Waals surface area contributed by atoms with Crippen LogP contribution >= 0.6 is 0 Å². The number of carbonyl (C=O) groups is 2. The van der Waals surface area contributed by atoms with Crippen molar-refractivity contribution in [1.29, 1.82) is 0 Å². The number of amides is 1. The monoisotopic (exact) mass is 262 g/mol. The van der Waals surface area contributed by atoms with Gasteiger partial charge in [0.15, 0.2) is 0 Å². The number of carboxylic acids is 1. The summed E-state index contributed by atoms with van der Waals surface area (Å²) < 4.78 is 4.67. The number of hydrogen-bond acceptors (Lipinski definition) is 4. The molecule has 100 valence electrons. The topological polar surface area (TPSA) is 92.4 Å². The van der Waals surface area contributed by atoms with Crippen LogP contribution < -0.4 is 5.32 Å². The molecule has 0 aliphatic heterocycles. The van der Waals surface area contributed by atoms with Crippen LogP contribution in [0.2, 0.25) is 0 Å². The zero-order valence-electron chi connectivity index (χ0n) is 10.2. The molecule has 4 atom stereocenters. The molecule has 0 unspecified atom stereocenters. The normalized spacial score (nSPS) is 31.6. The average Bonchev–Trinajstić information content (AvgIpc) is 3.10. The molecule has 1 fully saturated rings. The number of carbonyl (C=O) groups excluding carboxylic acids is 1. The average molecular weight is 262 g/mol. The molecular formula is C13H14N2O4. The number of aromatic nitrogens is 1. The van der Waals surface area contributed by atoms with E-state index in [0.717, 1.165) is 6.42 Å². The van der Waals surface area contributed by atoms with Crippen molar-refractivity contribution in [1.82, 2.24) is 10.5 Å². The molecule has 0 saturated heterocycles. The summed E-state index contributed by atoms with van der Waals surface area (Å²) in [5, 5.41) is 15.7. The highest BCUT2D eigenvalue weighted by Crippen LogP contribution is 2.48. The van der Waals surface area contributed by atoms with Crippen molar-refractivity contribution in [2.45, 2.75) is 13.0 Å². The van der Waals surface area contributed by atoms with Crippen molar-refractivity contribution in [3.63, 3.8) is 0 Å². The van der Waals surface area contributed by atoms with E-state index in [0.29, 0.717) is 5.69 Å². The molecule has 0 spiro atoms. The predicted molar refractivity (Wildman–Crippen MR) is 63.7 cm³/mol. The van der Waals surface area contributed by atoms with E-state index in [4.69, 9.17) is 0 Å². The fourth-order valence-electron chi connectivity index (χ4n) is 3.14. The molecule has 1 saturated carbocycles. The van der Waals surface area contributed by atoms with Crippen LogP contribution in [0.1, 0.15) is 12.1 Å². The molecule has 6 heteroatoms. The molecule has 19 heavy (non-hydrogen) atoms. The molecule has 2 aliphatic rings. The molecule has 2 bridgehead atoms. The maximum Gasteiger partial charge on any atom is 0.307 e. The molecule has 3 rings (SSSR count). The van der Waals surface area contributed by atoms with Gasteiger partial charge in [-0.1, -0.05) is 17.3 Å². The second-order valence-electron chi connectivity index (χ2n) is 5.05. The maximum atomic E-state index is 12.2. The highest BCUT2D eigenvalue weighted by molar-refractivity contribution is 5.86. The second-order valence-corrected chi connectivity index (χ2v) is 5.05. The lowest BCUT2D eigenvalue weighted by Crippen LogP contribution is -2.39. The number of rotatable bonds is 4. The van der Waals surface area contributed by atoms with E-state index in [1.807, 2.05) is 12.2 Å². The summed E-state index contributed by atoms with van der Waals surface area (Å²) in [6.07, 6.45) is 6.08. The summed E-state index contributed by atoms with van der Waals surface area (Å²) in [5.74, 6) is -2.15. The van der Waals surface area contributed by atoms with Gasteiger partial charge in [-0.25, -0.2) is 0 Å². The van der Waals surface area contributed by atoms with Crippen molar-refractivity contribution >= 4 is 11.9 Å². The Hall–Kier alpha value is -2.11. The van der Waals surface area contributed by atoms with Crippen LogP contribution in [0, 0.1) is 23.7 Å². The van der Waals surface area contributed by atoms with Gasteiger partial charge < -0.3 is 14.9 Å². The van der Waals surface area contributed by atoms with Crippen molar-refractivity contribution in [3.05, 3.63) is 30.2 Å². The van der Waals surface area contributed by atoms with E-state index in [2.05, 4.69) is 15.0 Å². The van der Waals surface area contributed by atoms with Crippen molar-refractivity contribution < 1.29 is 19.2 Å². The molecule has 1 aromatic heterocycles. The first-order valence-electron chi connectivity index (χ1n) is 6.25. The molecule has 1 heterocycles. The van der Waals surface area contributed by atoms with Crippen molar-refractivity contribution in [2.75, 3.05) is 0 Å². The van der Waals surface area contributed by atoms with Crippen LogP contribution in [-0.2, 0) is 16.1 Å². The van der Waals surface area contributed by atoms with Crippen LogP contribution in [0.4, 0.5) is 0 Å². The second kappa shape index (κ2) is 4.53. The maximum absolute atomic E-state index is 12.2. The highest BCUT2D eigenvalue weighted by atomic mass is 16.5. The predicted octanol–water partition coefficient (Wildman–Crippen LogP) is 0.814. The standard InChI is InChI=1S/C13H14N2O4/c16-12(14-6-9-3-4-19-15-9)10-7-1-2-8(5-7)11(10)13(17)18/h1-4,7-8,10-11H,5-6H2,(H,14,16)(H,17,18)/t7-,8-,10+,11+/m0/s1. The number of nitrogens with one attached hydrogen (secondary N) is 1. The fraction of sp³-hybridized carbons (Fsp3) is 0.462. The molecule has 6 nitrogen and oxygen atoms in total. The number of aliphatic carboxylic acids is 1. The molecule has 0 radical (unpaired) electrons. The van der Waals surface area contributed by atoms with Crippen LogP contribution in [0.25, 0.3) is 0 Å². The van der Waals surface area contributed by atoms with Gasteiger partial charge in [0, 0.05) is 6.07 Å². The van der Waals surface area contributed by atoms with Gasteiger partial charge in [0.1, 0.15) is 12.0 Å². The Morgan fingerprint density at radius 3 is 2.74 bits per heavy atom. The Morgan fingerprint density at radius 1 is 1.37 bits per heavy atom. The minimum Gasteiger partial charge on any atom is -0.481 e.